The van der Waals surface area contributed by atoms with Crippen LogP contribution < -0.4 is 9.04 Å². The summed E-state index contributed by atoms with van der Waals surface area (Å²) in [5.74, 6) is 0.920. The summed E-state index contributed by atoms with van der Waals surface area (Å²) in [6.45, 7) is 4.41. The number of fused-ring (bicyclic) bond motifs is 1. The van der Waals surface area contributed by atoms with Crippen molar-refractivity contribution in [2.24, 2.45) is 0 Å². The predicted molar refractivity (Wildman–Crippen MR) is 101 cm³/mol. The number of hydrogen-bond donors (Lipinski definition) is 0. The molecule has 1 heterocycles. The molecule has 2 aromatic rings. The number of hydrogen-bond acceptors (Lipinski definition) is 3. The van der Waals surface area contributed by atoms with Gasteiger partial charge in [-0.1, -0.05) is 31.0 Å². The molecule has 3 rings (SSSR count). The molecule has 0 N–H and O–H groups in total. The van der Waals surface area contributed by atoms with Crippen LogP contribution in [-0.4, -0.2) is 22.1 Å². The molecular weight excluding hydrogens is 358 g/mol. The minimum absolute atomic E-state index is 0.172. The number of benzene rings is 2. The molecule has 134 valence electrons. The standard InChI is InChI=1S/C19H22ClNO3S/c1-4-5-14-12-21(19-9-7-15(24-3)10-17(14)19)25(22,23)16-8-6-13(2)18(20)11-16/h6-11,14H,4-5,12H2,1-3H3. The van der Waals surface area contributed by atoms with Gasteiger partial charge in [-0.05, 0) is 54.8 Å². The van der Waals surface area contributed by atoms with Gasteiger partial charge in [0.05, 0.1) is 17.7 Å². The third-order valence-electron chi connectivity index (χ3n) is 4.70. The molecule has 4 nitrogen and oxygen atoms in total. The van der Waals surface area contributed by atoms with Crippen LogP contribution in [0.4, 0.5) is 5.69 Å². The maximum absolute atomic E-state index is 13.2. The summed E-state index contributed by atoms with van der Waals surface area (Å²) in [6.07, 6.45) is 1.92. The molecule has 1 unspecified atom stereocenters. The second-order valence-electron chi connectivity index (χ2n) is 6.36. The molecule has 6 heteroatoms. The number of sulfonamides is 1. The highest BCUT2D eigenvalue weighted by molar-refractivity contribution is 7.92. The molecular formula is C19H22ClNO3S. The number of methoxy groups -OCH3 is 1. The number of anilines is 1. The summed E-state index contributed by atoms with van der Waals surface area (Å²) in [7, 11) is -2.03. The number of nitrogens with zero attached hydrogens (tertiary/aromatic N) is 1. The minimum Gasteiger partial charge on any atom is -0.497 e. The lowest BCUT2D eigenvalue weighted by Crippen LogP contribution is -2.30. The van der Waals surface area contributed by atoms with E-state index in [0.29, 0.717) is 11.6 Å². The minimum atomic E-state index is -3.65. The molecule has 25 heavy (non-hydrogen) atoms. The van der Waals surface area contributed by atoms with E-state index in [1.165, 1.54) is 10.4 Å². The van der Waals surface area contributed by atoms with Gasteiger partial charge in [0.2, 0.25) is 0 Å². The molecule has 2 aromatic carbocycles. The van der Waals surface area contributed by atoms with E-state index in [9.17, 15) is 8.42 Å². The molecule has 1 aliphatic heterocycles. The first-order valence-corrected chi connectivity index (χ1v) is 10.2. The van der Waals surface area contributed by atoms with Gasteiger partial charge in [0.1, 0.15) is 5.75 Å². The van der Waals surface area contributed by atoms with Crippen molar-refractivity contribution in [3.8, 4) is 5.75 Å². The number of ether oxygens (including phenoxy) is 1. The Morgan fingerprint density at radius 1 is 1.24 bits per heavy atom. The Bertz CT molecular complexity index is 896. The lowest BCUT2D eigenvalue weighted by molar-refractivity contribution is 0.414. The summed E-state index contributed by atoms with van der Waals surface area (Å²) in [5.41, 5.74) is 2.62. The van der Waals surface area contributed by atoms with Crippen molar-refractivity contribution in [1.82, 2.24) is 0 Å². The average Bonchev–Trinajstić information content (AvgIpc) is 2.96. The van der Waals surface area contributed by atoms with E-state index < -0.39 is 10.0 Å². The Balaban J connectivity index is 2.07. The van der Waals surface area contributed by atoms with Crippen molar-refractivity contribution in [1.29, 1.82) is 0 Å². The highest BCUT2D eigenvalue weighted by Gasteiger charge is 2.36. The normalized spacial score (nSPS) is 16.8. The summed E-state index contributed by atoms with van der Waals surface area (Å²) in [5, 5.41) is 0.459. The van der Waals surface area contributed by atoms with Gasteiger partial charge >= 0.3 is 0 Å². The SMILES string of the molecule is CCCC1CN(S(=O)(=O)c2ccc(C)c(Cl)c2)c2ccc(OC)cc21. The van der Waals surface area contributed by atoms with Gasteiger partial charge in [-0.25, -0.2) is 8.42 Å². The van der Waals surface area contributed by atoms with E-state index in [1.54, 1.807) is 25.3 Å². The second-order valence-corrected chi connectivity index (χ2v) is 8.63. The zero-order valence-corrected chi connectivity index (χ0v) is 16.2. The van der Waals surface area contributed by atoms with E-state index in [1.807, 2.05) is 19.1 Å². The lowest BCUT2D eigenvalue weighted by atomic mass is 9.96. The topological polar surface area (TPSA) is 46.6 Å². The van der Waals surface area contributed by atoms with Gasteiger partial charge in [-0.3, -0.25) is 4.31 Å². The molecule has 0 fully saturated rings. The molecule has 0 aliphatic carbocycles. The van der Waals surface area contributed by atoms with Gasteiger partial charge in [-0.2, -0.15) is 0 Å². The van der Waals surface area contributed by atoms with Crippen molar-refractivity contribution in [2.45, 2.75) is 37.5 Å². The molecule has 0 saturated heterocycles. The summed E-state index contributed by atoms with van der Waals surface area (Å²) < 4.78 is 33.2. The Morgan fingerprint density at radius 3 is 2.64 bits per heavy atom. The van der Waals surface area contributed by atoms with Crippen LogP contribution in [0.25, 0.3) is 0 Å². The van der Waals surface area contributed by atoms with Crippen molar-refractivity contribution in [3.05, 3.63) is 52.5 Å². The predicted octanol–water partition coefficient (Wildman–Crippen LogP) is 4.75. The third kappa shape index (κ3) is 3.23. The van der Waals surface area contributed by atoms with Crippen LogP contribution in [0.2, 0.25) is 5.02 Å². The molecule has 1 aliphatic rings. The number of aryl methyl sites for hydroxylation is 1. The fraction of sp³-hybridized carbons (Fsp3) is 0.368. The first kappa shape index (κ1) is 18.1. The molecule has 0 bridgehead atoms. The number of rotatable bonds is 5. The smallest absolute Gasteiger partial charge is 0.264 e. The van der Waals surface area contributed by atoms with E-state index in [4.69, 9.17) is 16.3 Å². The maximum atomic E-state index is 13.2. The van der Waals surface area contributed by atoms with Gasteiger partial charge in [0, 0.05) is 17.5 Å². The molecule has 0 radical (unpaired) electrons. The van der Waals surface area contributed by atoms with Gasteiger partial charge in [0.25, 0.3) is 10.0 Å². The highest BCUT2D eigenvalue weighted by Crippen LogP contribution is 2.43. The Kier molecular flexibility index (Phi) is 4.98. The fourth-order valence-electron chi connectivity index (χ4n) is 3.29. The Morgan fingerprint density at radius 2 is 2.00 bits per heavy atom. The quantitative estimate of drug-likeness (QED) is 0.753. The molecule has 1 atom stereocenters. The largest absolute Gasteiger partial charge is 0.497 e. The third-order valence-corrected chi connectivity index (χ3v) is 6.88. The van der Waals surface area contributed by atoms with E-state index in [2.05, 4.69) is 6.92 Å². The van der Waals surface area contributed by atoms with Crippen LogP contribution in [-0.2, 0) is 10.0 Å². The summed E-state index contributed by atoms with van der Waals surface area (Å²) in [6, 6.07) is 10.5. The second kappa shape index (κ2) is 6.89. The van der Waals surface area contributed by atoms with Gasteiger partial charge in [0.15, 0.2) is 0 Å². The fourth-order valence-corrected chi connectivity index (χ4v) is 5.10. The zero-order chi connectivity index (χ0) is 18.2. The molecule has 0 aromatic heterocycles. The van der Waals surface area contributed by atoms with Gasteiger partial charge in [-0.15, -0.1) is 0 Å². The Hall–Kier alpha value is -1.72. The van der Waals surface area contributed by atoms with E-state index in [-0.39, 0.29) is 10.8 Å². The van der Waals surface area contributed by atoms with Crippen LogP contribution in [0.15, 0.2) is 41.3 Å². The van der Waals surface area contributed by atoms with E-state index in [0.717, 1.165) is 35.4 Å². The lowest BCUT2D eigenvalue weighted by Gasteiger charge is -2.20. The van der Waals surface area contributed by atoms with Crippen LogP contribution in [0.5, 0.6) is 5.75 Å². The van der Waals surface area contributed by atoms with Crippen molar-refractivity contribution in [3.63, 3.8) is 0 Å². The maximum Gasteiger partial charge on any atom is 0.264 e. The van der Waals surface area contributed by atoms with Crippen molar-refractivity contribution < 1.29 is 13.2 Å². The summed E-state index contributed by atoms with van der Waals surface area (Å²) >= 11 is 6.15. The molecule has 0 amide bonds. The zero-order valence-electron chi connectivity index (χ0n) is 14.6. The first-order chi connectivity index (χ1) is 11.9. The van der Waals surface area contributed by atoms with Crippen molar-refractivity contribution >= 4 is 27.3 Å². The molecule has 0 saturated carbocycles. The van der Waals surface area contributed by atoms with Gasteiger partial charge < -0.3 is 4.74 Å². The van der Waals surface area contributed by atoms with Crippen LogP contribution in [0.3, 0.4) is 0 Å². The monoisotopic (exact) mass is 379 g/mol. The number of halogens is 1. The first-order valence-electron chi connectivity index (χ1n) is 8.35. The van der Waals surface area contributed by atoms with Crippen LogP contribution in [0.1, 0.15) is 36.8 Å². The summed E-state index contributed by atoms with van der Waals surface area (Å²) in [4.78, 5) is 0.224. The average molecular weight is 380 g/mol. The molecule has 0 spiro atoms. The van der Waals surface area contributed by atoms with Crippen molar-refractivity contribution in [2.75, 3.05) is 18.0 Å². The Labute approximate surface area is 154 Å². The van der Waals surface area contributed by atoms with Crippen LogP contribution >= 0.6 is 11.6 Å². The highest BCUT2D eigenvalue weighted by atomic mass is 35.5. The van der Waals surface area contributed by atoms with E-state index >= 15 is 0 Å². The van der Waals surface area contributed by atoms with Crippen LogP contribution in [0, 0.1) is 6.92 Å².